The molecule has 1 aromatic rings. The Morgan fingerprint density at radius 1 is 1.35 bits per heavy atom. The first-order chi connectivity index (χ1) is 8.24. The van der Waals surface area contributed by atoms with E-state index < -0.39 is 0 Å². The van der Waals surface area contributed by atoms with Gasteiger partial charge < -0.3 is 4.74 Å². The highest BCUT2D eigenvalue weighted by Crippen LogP contribution is 2.45. The Kier molecular flexibility index (Phi) is 2.32. The van der Waals surface area contributed by atoms with Crippen LogP contribution in [0, 0.1) is 0 Å². The number of ether oxygens (including phenoxy) is 1. The highest BCUT2D eigenvalue weighted by Gasteiger charge is 2.48. The Bertz CT molecular complexity index is 503. The fourth-order valence-electron chi connectivity index (χ4n) is 3.36. The van der Waals surface area contributed by atoms with Crippen LogP contribution in [0.15, 0.2) is 37.1 Å². The van der Waals surface area contributed by atoms with E-state index in [2.05, 4.69) is 49.4 Å². The minimum absolute atomic E-state index is 0.253. The number of hydrogen-bond acceptors (Lipinski definition) is 1. The van der Waals surface area contributed by atoms with Crippen molar-refractivity contribution in [1.82, 2.24) is 0 Å². The molecule has 0 saturated heterocycles. The molecule has 1 aromatic carbocycles. The van der Waals surface area contributed by atoms with Crippen molar-refractivity contribution in [2.24, 2.45) is 0 Å². The van der Waals surface area contributed by atoms with Gasteiger partial charge >= 0.3 is 0 Å². The number of fused-ring (bicyclic) bond motifs is 1. The summed E-state index contributed by atoms with van der Waals surface area (Å²) < 4.78 is 8.11. The normalized spacial score (nSPS) is 30.1. The van der Waals surface area contributed by atoms with Crippen LogP contribution in [-0.2, 0) is 4.74 Å². The second-order valence-corrected chi connectivity index (χ2v) is 4.95. The molecule has 17 heavy (non-hydrogen) atoms. The molecule has 0 amide bonds. The lowest BCUT2D eigenvalue weighted by molar-refractivity contribution is -0.558. The average molecular weight is 228 g/mol. The third kappa shape index (κ3) is 1.36. The minimum atomic E-state index is 0.253. The molecule has 0 N–H and O–H groups in total. The van der Waals surface area contributed by atoms with E-state index in [1.54, 1.807) is 6.26 Å². The van der Waals surface area contributed by atoms with Gasteiger partial charge in [-0.05, 0) is 5.56 Å². The summed E-state index contributed by atoms with van der Waals surface area (Å²) in [7, 11) is 2.19. The molecule has 1 aliphatic carbocycles. The first-order valence-electron chi connectivity index (χ1n) is 6.15. The first kappa shape index (κ1) is 10.6. The molecule has 3 aliphatic rings. The van der Waals surface area contributed by atoms with Crippen molar-refractivity contribution in [3.8, 4) is 0 Å². The van der Waals surface area contributed by atoms with Crippen molar-refractivity contribution >= 4 is 5.71 Å². The molecule has 2 heteroatoms. The standard InChI is InChI=1S/C15H18NO/c1-4-17-14-9-13-11-7-5-6-8-12(11)15(14)10(2)16(13)3/h4-8,13-15H,1,9H2,2-3H3/q+1. The zero-order valence-electron chi connectivity index (χ0n) is 10.4. The first-order valence-corrected chi connectivity index (χ1v) is 6.15. The molecule has 4 rings (SSSR count). The van der Waals surface area contributed by atoms with Crippen LogP contribution >= 0.6 is 0 Å². The summed E-state index contributed by atoms with van der Waals surface area (Å²) in [5, 5.41) is 0. The fraction of sp³-hybridized carbons (Fsp3) is 0.400. The zero-order valence-corrected chi connectivity index (χ0v) is 10.4. The molecule has 3 unspecified atom stereocenters. The van der Waals surface area contributed by atoms with Crippen LogP contribution in [-0.4, -0.2) is 23.4 Å². The molecule has 88 valence electrons. The van der Waals surface area contributed by atoms with Crippen LogP contribution < -0.4 is 0 Å². The van der Waals surface area contributed by atoms with Gasteiger partial charge in [0.25, 0.3) is 0 Å². The fourth-order valence-corrected chi connectivity index (χ4v) is 3.36. The predicted molar refractivity (Wildman–Crippen MR) is 68.5 cm³/mol. The van der Waals surface area contributed by atoms with Gasteiger partial charge in [-0.1, -0.05) is 30.8 Å². The van der Waals surface area contributed by atoms with Crippen LogP contribution in [0.25, 0.3) is 0 Å². The molecule has 2 heterocycles. The molecule has 0 spiro atoms. The highest BCUT2D eigenvalue weighted by molar-refractivity contribution is 5.87. The van der Waals surface area contributed by atoms with E-state index in [0.29, 0.717) is 12.0 Å². The molecule has 2 bridgehead atoms. The van der Waals surface area contributed by atoms with Gasteiger partial charge in [0.2, 0.25) is 0 Å². The molecule has 0 aromatic heterocycles. The maximum Gasteiger partial charge on any atom is 0.181 e. The Labute approximate surface area is 102 Å². The van der Waals surface area contributed by atoms with E-state index in [4.69, 9.17) is 4.74 Å². The summed E-state index contributed by atoms with van der Waals surface area (Å²) in [5.41, 5.74) is 4.31. The van der Waals surface area contributed by atoms with Crippen molar-refractivity contribution in [2.75, 3.05) is 7.05 Å². The van der Waals surface area contributed by atoms with Gasteiger partial charge in [-0.2, -0.15) is 0 Å². The Morgan fingerprint density at radius 2 is 2.06 bits per heavy atom. The average Bonchev–Trinajstić information content (AvgIpc) is 2.35. The van der Waals surface area contributed by atoms with E-state index in [-0.39, 0.29) is 6.10 Å². The molecule has 2 nitrogen and oxygen atoms in total. The number of rotatable bonds is 2. The molecule has 2 aliphatic heterocycles. The number of nitrogens with zero attached hydrogens (tertiary/aromatic N) is 1. The molecular weight excluding hydrogens is 210 g/mol. The van der Waals surface area contributed by atoms with Crippen LogP contribution in [0.5, 0.6) is 0 Å². The van der Waals surface area contributed by atoms with E-state index >= 15 is 0 Å². The molecular formula is C15H18NO+. The van der Waals surface area contributed by atoms with Crippen LogP contribution in [0.3, 0.4) is 0 Å². The SMILES string of the molecule is C=COC1CC2c3ccccc3C1C(C)=[N+]2C. The maximum atomic E-state index is 5.71. The van der Waals surface area contributed by atoms with E-state index in [0.717, 1.165) is 6.42 Å². The van der Waals surface area contributed by atoms with Gasteiger partial charge in [0.15, 0.2) is 11.8 Å². The van der Waals surface area contributed by atoms with E-state index in [1.165, 1.54) is 16.8 Å². The summed E-state index contributed by atoms with van der Waals surface area (Å²) in [4.78, 5) is 0. The summed E-state index contributed by atoms with van der Waals surface area (Å²) >= 11 is 0. The Hall–Kier alpha value is -1.57. The maximum absolute atomic E-state index is 5.71. The number of benzene rings is 1. The van der Waals surface area contributed by atoms with Gasteiger partial charge in [0.1, 0.15) is 19.1 Å². The summed E-state index contributed by atoms with van der Waals surface area (Å²) in [6.45, 7) is 5.91. The summed E-state index contributed by atoms with van der Waals surface area (Å²) in [6.07, 6.45) is 2.89. The van der Waals surface area contributed by atoms with Crippen LogP contribution in [0.1, 0.15) is 36.4 Å². The van der Waals surface area contributed by atoms with E-state index in [1.807, 2.05) is 0 Å². The lowest BCUT2D eigenvalue weighted by atomic mass is 9.72. The Morgan fingerprint density at radius 3 is 2.76 bits per heavy atom. The second kappa shape index (κ2) is 3.73. The van der Waals surface area contributed by atoms with Gasteiger partial charge in [0.05, 0.1) is 12.7 Å². The second-order valence-electron chi connectivity index (χ2n) is 4.95. The monoisotopic (exact) mass is 228 g/mol. The topological polar surface area (TPSA) is 12.2 Å². The van der Waals surface area contributed by atoms with Crippen molar-refractivity contribution in [2.45, 2.75) is 31.4 Å². The van der Waals surface area contributed by atoms with Crippen molar-refractivity contribution in [3.63, 3.8) is 0 Å². The van der Waals surface area contributed by atoms with Gasteiger partial charge in [-0.25, -0.2) is 4.58 Å². The molecule has 0 fully saturated rings. The van der Waals surface area contributed by atoms with Crippen molar-refractivity contribution in [1.29, 1.82) is 0 Å². The van der Waals surface area contributed by atoms with Crippen molar-refractivity contribution < 1.29 is 9.31 Å². The molecule has 0 saturated carbocycles. The van der Waals surface area contributed by atoms with Crippen LogP contribution in [0.4, 0.5) is 0 Å². The zero-order chi connectivity index (χ0) is 12.0. The Balaban J connectivity index is 2.14. The smallest absolute Gasteiger partial charge is 0.181 e. The van der Waals surface area contributed by atoms with Gasteiger partial charge in [-0.3, -0.25) is 0 Å². The highest BCUT2D eigenvalue weighted by atomic mass is 16.5. The predicted octanol–water partition coefficient (Wildman–Crippen LogP) is 2.86. The van der Waals surface area contributed by atoms with Gasteiger partial charge in [0, 0.05) is 12.5 Å². The summed E-state index contributed by atoms with van der Waals surface area (Å²) in [5.74, 6) is 0.388. The third-order valence-electron chi connectivity index (χ3n) is 4.26. The lowest BCUT2D eigenvalue weighted by Crippen LogP contribution is -2.45. The quantitative estimate of drug-likeness (QED) is 0.560. The molecule has 0 radical (unpaired) electrons. The van der Waals surface area contributed by atoms with Crippen LogP contribution in [0.2, 0.25) is 0 Å². The van der Waals surface area contributed by atoms with Gasteiger partial charge in [-0.15, -0.1) is 0 Å². The van der Waals surface area contributed by atoms with Crippen molar-refractivity contribution in [3.05, 3.63) is 48.2 Å². The lowest BCUT2D eigenvalue weighted by Gasteiger charge is -2.39. The third-order valence-corrected chi connectivity index (χ3v) is 4.26. The van der Waals surface area contributed by atoms with E-state index in [9.17, 15) is 0 Å². The minimum Gasteiger partial charge on any atom is -0.497 e. The number of hydrogen-bond donors (Lipinski definition) is 0. The largest absolute Gasteiger partial charge is 0.497 e. The summed E-state index contributed by atoms with van der Waals surface area (Å²) in [6, 6.07) is 9.20. The molecule has 3 atom stereocenters.